The van der Waals surface area contributed by atoms with Crippen molar-refractivity contribution in [1.82, 2.24) is 4.98 Å². The fraction of sp³-hybridized carbons (Fsp3) is 0.282. The van der Waals surface area contributed by atoms with E-state index in [2.05, 4.69) is 106 Å². The van der Waals surface area contributed by atoms with Gasteiger partial charge in [-0.2, -0.15) is 0 Å². The lowest BCUT2D eigenvalue weighted by atomic mass is 9.80. The second-order valence-electron chi connectivity index (χ2n) is 13.2. The number of rotatable bonds is 6. The largest absolute Gasteiger partial charge is 0.506 e. The molecule has 0 spiro atoms. The molecule has 0 radical (unpaired) electrons. The Balaban J connectivity index is 1.38. The van der Waals surface area contributed by atoms with Crippen LogP contribution in [0, 0.1) is 0 Å². The van der Waals surface area contributed by atoms with Crippen LogP contribution in [0.5, 0.6) is 17.4 Å². The number of aliphatic imine (C=N–C) groups is 1. The van der Waals surface area contributed by atoms with Crippen molar-refractivity contribution in [1.29, 1.82) is 0 Å². The van der Waals surface area contributed by atoms with Crippen LogP contribution in [0.15, 0.2) is 102 Å². The van der Waals surface area contributed by atoms with Crippen LogP contribution in [0.4, 0.5) is 5.69 Å². The zero-order valence-corrected chi connectivity index (χ0v) is 26.2. The van der Waals surface area contributed by atoms with Crippen LogP contribution < -0.4 is 9.64 Å². The van der Waals surface area contributed by atoms with Gasteiger partial charge in [0, 0.05) is 28.1 Å². The maximum absolute atomic E-state index is 10.4. The number of aromatic hydroxyl groups is 1. The van der Waals surface area contributed by atoms with Gasteiger partial charge in [-0.15, -0.1) is 0 Å². The number of amidine groups is 1. The van der Waals surface area contributed by atoms with E-state index >= 15 is 0 Å². The number of hydrogen-bond donors (Lipinski definition) is 1. The van der Waals surface area contributed by atoms with Gasteiger partial charge < -0.3 is 14.7 Å². The summed E-state index contributed by atoms with van der Waals surface area (Å²) in [6.07, 6.45) is 0. The van der Waals surface area contributed by atoms with Crippen LogP contribution in [0.3, 0.4) is 0 Å². The van der Waals surface area contributed by atoms with Crippen molar-refractivity contribution < 1.29 is 9.84 Å². The van der Waals surface area contributed by atoms with Crippen molar-refractivity contribution in [3.05, 3.63) is 125 Å². The van der Waals surface area contributed by atoms with Crippen LogP contribution >= 0.6 is 0 Å². The van der Waals surface area contributed by atoms with E-state index in [0.717, 1.165) is 16.8 Å². The lowest BCUT2D eigenvalue weighted by Crippen LogP contribution is -2.47. The number of nitrogens with zero attached hydrogens (tertiary/aromatic N) is 3. The first-order chi connectivity index (χ1) is 21.1. The van der Waals surface area contributed by atoms with Crippen LogP contribution in [0.1, 0.15) is 87.2 Å². The standard InChI is InChI=1S/C39H39N3O2/c1-23(2)28-16-11-17-29(24(3)4)36(28)42-37-35(30-15-7-8-18-31(30)39(37,5)6)41-38(42)26-13-9-14-27(22-26)44-33-21-20-25-12-10-19-32(43)34(25)40-33/h7-24,35,37,43H,1-6H3/t35-,37-/m0/s1. The Morgan fingerprint density at radius 2 is 1.50 bits per heavy atom. The lowest BCUT2D eigenvalue weighted by Gasteiger charge is -2.40. The van der Waals surface area contributed by atoms with E-state index in [0.29, 0.717) is 29.0 Å². The first-order valence-corrected chi connectivity index (χ1v) is 15.6. The summed E-state index contributed by atoms with van der Waals surface area (Å²) in [7, 11) is 0. The average molecular weight is 582 g/mol. The molecule has 0 bridgehead atoms. The molecule has 0 saturated heterocycles. The summed E-state index contributed by atoms with van der Waals surface area (Å²) in [4.78, 5) is 12.7. The molecule has 2 heterocycles. The van der Waals surface area contributed by atoms with Crippen LogP contribution in [-0.2, 0) is 5.41 Å². The SMILES string of the molecule is CC(C)c1cccc(C(C)C)c1N1C(c2cccc(Oc3ccc4cccc(O)c4n3)c2)=N[C@H]2c3ccccc3C(C)(C)[C@H]21. The van der Waals surface area contributed by atoms with Crippen LogP contribution in [-0.4, -0.2) is 22.0 Å². The monoisotopic (exact) mass is 581 g/mol. The van der Waals surface area contributed by atoms with Crippen molar-refractivity contribution in [2.75, 3.05) is 4.90 Å². The molecule has 5 nitrogen and oxygen atoms in total. The highest BCUT2D eigenvalue weighted by Gasteiger charge is 2.54. The predicted molar refractivity (Wildman–Crippen MR) is 180 cm³/mol. The molecule has 5 aromatic rings. The summed E-state index contributed by atoms with van der Waals surface area (Å²) < 4.78 is 6.30. The number of pyridine rings is 1. The van der Waals surface area contributed by atoms with Gasteiger partial charge in [-0.25, -0.2) is 4.98 Å². The number of phenols is 1. The van der Waals surface area contributed by atoms with E-state index in [-0.39, 0.29) is 23.2 Å². The second kappa shape index (κ2) is 10.5. The summed E-state index contributed by atoms with van der Waals surface area (Å²) in [6, 6.07) is 33.0. The van der Waals surface area contributed by atoms with E-state index in [4.69, 9.17) is 9.73 Å². The van der Waals surface area contributed by atoms with E-state index in [1.807, 2.05) is 36.4 Å². The number of para-hydroxylation sites is 2. The number of phenolic OH excluding ortho intramolecular Hbond substituents is 1. The summed E-state index contributed by atoms with van der Waals surface area (Å²) in [5.74, 6) is 2.90. The number of ether oxygens (including phenoxy) is 1. The molecule has 0 unspecified atom stereocenters. The van der Waals surface area contributed by atoms with Gasteiger partial charge in [-0.1, -0.05) is 108 Å². The van der Waals surface area contributed by atoms with Crippen molar-refractivity contribution in [3.63, 3.8) is 0 Å². The van der Waals surface area contributed by atoms with E-state index in [1.54, 1.807) is 6.07 Å². The van der Waals surface area contributed by atoms with Crippen LogP contribution in [0.25, 0.3) is 10.9 Å². The lowest BCUT2D eigenvalue weighted by molar-refractivity contribution is 0.418. The Labute approximate surface area is 259 Å². The topological polar surface area (TPSA) is 58.0 Å². The highest BCUT2D eigenvalue weighted by atomic mass is 16.5. The van der Waals surface area contributed by atoms with Crippen molar-refractivity contribution in [2.45, 2.75) is 70.9 Å². The highest BCUT2D eigenvalue weighted by Crippen LogP contribution is 2.55. The van der Waals surface area contributed by atoms with Gasteiger partial charge in [-0.3, -0.25) is 4.99 Å². The Morgan fingerprint density at radius 3 is 2.25 bits per heavy atom. The number of benzene rings is 4. The summed E-state index contributed by atoms with van der Waals surface area (Å²) in [5, 5.41) is 11.2. The normalized spacial score (nSPS) is 18.5. The zero-order chi connectivity index (χ0) is 30.7. The van der Waals surface area contributed by atoms with Gasteiger partial charge in [0.25, 0.3) is 0 Å². The second-order valence-corrected chi connectivity index (χ2v) is 13.2. The fourth-order valence-electron chi connectivity index (χ4n) is 7.23. The average Bonchev–Trinajstić information content (AvgIpc) is 3.51. The van der Waals surface area contributed by atoms with Crippen molar-refractivity contribution in [3.8, 4) is 17.4 Å². The number of anilines is 1. The number of fused-ring (bicyclic) bond motifs is 4. The molecule has 222 valence electrons. The molecule has 0 saturated carbocycles. The smallest absolute Gasteiger partial charge is 0.219 e. The summed E-state index contributed by atoms with van der Waals surface area (Å²) >= 11 is 0. The van der Waals surface area contributed by atoms with E-state index < -0.39 is 0 Å². The number of hydrogen-bond acceptors (Lipinski definition) is 5. The number of aromatic nitrogens is 1. The van der Waals surface area contributed by atoms with Gasteiger partial charge in [0.1, 0.15) is 22.9 Å². The molecule has 5 heteroatoms. The minimum atomic E-state index is -0.129. The van der Waals surface area contributed by atoms with Gasteiger partial charge in [0.2, 0.25) is 5.88 Å². The van der Waals surface area contributed by atoms with Crippen LogP contribution in [0.2, 0.25) is 0 Å². The third-order valence-electron chi connectivity index (χ3n) is 9.35. The van der Waals surface area contributed by atoms with E-state index in [1.165, 1.54) is 27.9 Å². The van der Waals surface area contributed by atoms with Crippen molar-refractivity contribution >= 4 is 22.4 Å². The quantitative estimate of drug-likeness (QED) is 0.217. The third kappa shape index (κ3) is 4.45. The zero-order valence-electron chi connectivity index (χ0n) is 26.2. The molecule has 2 atom stereocenters. The first-order valence-electron chi connectivity index (χ1n) is 15.6. The maximum Gasteiger partial charge on any atom is 0.219 e. The van der Waals surface area contributed by atoms with Gasteiger partial charge in [0.15, 0.2) is 0 Å². The predicted octanol–water partition coefficient (Wildman–Crippen LogP) is 9.65. The molecule has 44 heavy (non-hydrogen) atoms. The van der Waals surface area contributed by atoms with Gasteiger partial charge in [0.05, 0.1) is 12.1 Å². The summed E-state index contributed by atoms with van der Waals surface area (Å²) in [5.41, 5.74) is 8.03. The molecule has 2 aliphatic rings. The molecular formula is C39H39N3O2. The molecule has 4 aromatic carbocycles. The molecule has 1 aliphatic heterocycles. The molecule has 0 amide bonds. The Bertz CT molecular complexity index is 1900. The molecule has 0 fully saturated rings. The Morgan fingerprint density at radius 1 is 0.795 bits per heavy atom. The fourth-order valence-corrected chi connectivity index (χ4v) is 7.23. The minimum absolute atomic E-state index is 0.0196. The Hall–Kier alpha value is -4.64. The molecule has 1 aromatic heterocycles. The van der Waals surface area contributed by atoms with Gasteiger partial charge >= 0.3 is 0 Å². The van der Waals surface area contributed by atoms with E-state index in [9.17, 15) is 5.11 Å². The van der Waals surface area contributed by atoms with Crippen molar-refractivity contribution in [2.24, 2.45) is 4.99 Å². The van der Waals surface area contributed by atoms with Gasteiger partial charge in [-0.05, 0) is 58.4 Å². The molecule has 1 N–H and O–H groups in total. The third-order valence-corrected chi connectivity index (χ3v) is 9.35. The first kappa shape index (κ1) is 28.1. The summed E-state index contributed by atoms with van der Waals surface area (Å²) in [6.45, 7) is 13.9. The Kier molecular flexibility index (Phi) is 6.73. The highest BCUT2D eigenvalue weighted by molar-refractivity contribution is 6.13. The molecule has 1 aliphatic carbocycles. The maximum atomic E-state index is 10.4. The minimum Gasteiger partial charge on any atom is -0.506 e. The molecular weight excluding hydrogens is 542 g/mol. The molecule has 7 rings (SSSR count).